The van der Waals surface area contributed by atoms with E-state index in [1.807, 2.05) is 6.92 Å². The van der Waals surface area contributed by atoms with Crippen LogP contribution in [0.15, 0.2) is 30.4 Å². The second kappa shape index (κ2) is 3.84. The summed E-state index contributed by atoms with van der Waals surface area (Å²) >= 11 is 0. The largest absolute Gasteiger partial charge is 0.381 e. The molecule has 0 spiro atoms. The van der Waals surface area contributed by atoms with Gasteiger partial charge in [0.1, 0.15) is 0 Å². The molecule has 0 saturated carbocycles. The van der Waals surface area contributed by atoms with Crippen LogP contribution < -0.4 is 5.32 Å². The quantitative estimate of drug-likeness (QED) is 0.738. The summed E-state index contributed by atoms with van der Waals surface area (Å²) in [4.78, 5) is 0. The molecule has 0 atom stereocenters. The van der Waals surface area contributed by atoms with Gasteiger partial charge in [0, 0.05) is 12.2 Å². The highest BCUT2D eigenvalue weighted by Crippen LogP contribution is 2.23. The van der Waals surface area contributed by atoms with Crippen molar-refractivity contribution in [3.05, 3.63) is 41.5 Å². The Kier molecular flexibility index (Phi) is 2.55. The highest BCUT2D eigenvalue weighted by molar-refractivity contribution is 5.49. The lowest BCUT2D eigenvalue weighted by Crippen LogP contribution is -2.02. The Bertz CT molecular complexity index is 357. The zero-order valence-corrected chi connectivity index (χ0v) is 8.47. The smallest absolute Gasteiger partial charge is 0.0725 e. The summed E-state index contributed by atoms with van der Waals surface area (Å²) in [5.41, 5.74) is 4.90. The molecule has 2 nitrogen and oxygen atoms in total. The van der Waals surface area contributed by atoms with E-state index in [4.69, 9.17) is 4.74 Å². The first-order valence-corrected chi connectivity index (χ1v) is 4.83. The predicted molar refractivity (Wildman–Crippen MR) is 58.2 cm³/mol. The number of hydrogen-bond acceptors (Lipinski definition) is 2. The van der Waals surface area contributed by atoms with Gasteiger partial charge in [-0.2, -0.15) is 0 Å². The molecule has 2 rings (SSSR count). The van der Waals surface area contributed by atoms with Crippen molar-refractivity contribution >= 4 is 5.69 Å². The zero-order chi connectivity index (χ0) is 9.97. The van der Waals surface area contributed by atoms with Gasteiger partial charge >= 0.3 is 0 Å². The Hall–Kier alpha value is -1.28. The van der Waals surface area contributed by atoms with Gasteiger partial charge in [-0.05, 0) is 30.2 Å². The fraction of sp³-hybridized carbons (Fsp3) is 0.333. The first-order valence-electron chi connectivity index (χ1n) is 4.83. The normalized spacial score (nSPS) is 13.8. The second-order valence-corrected chi connectivity index (χ2v) is 3.79. The number of rotatable bonds is 3. The van der Waals surface area contributed by atoms with Crippen LogP contribution in [0, 0.1) is 0 Å². The fourth-order valence-corrected chi connectivity index (χ4v) is 1.53. The maximum absolute atomic E-state index is 5.35. The lowest BCUT2D eigenvalue weighted by atomic mass is 10.1. The van der Waals surface area contributed by atoms with E-state index in [0.29, 0.717) is 0 Å². The molecule has 1 aliphatic rings. The van der Waals surface area contributed by atoms with E-state index in [9.17, 15) is 0 Å². The molecule has 2 heteroatoms. The van der Waals surface area contributed by atoms with E-state index in [-0.39, 0.29) is 0 Å². The van der Waals surface area contributed by atoms with Crippen LogP contribution in [-0.4, -0.2) is 6.54 Å². The first-order chi connectivity index (χ1) is 6.75. The number of nitrogens with one attached hydrogen (secondary N) is 1. The molecule has 0 saturated heterocycles. The maximum atomic E-state index is 5.35. The van der Waals surface area contributed by atoms with E-state index in [1.165, 1.54) is 11.1 Å². The standard InChI is InChI=1S/C12H15NO/c1-9(2)6-13-12-4-3-10-7-14-8-11(10)5-12/h3-5,13H,1,6-8H2,2H3. The van der Waals surface area contributed by atoms with Crippen molar-refractivity contribution in [3.63, 3.8) is 0 Å². The molecular formula is C12H15NO. The van der Waals surface area contributed by atoms with Gasteiger partial charge in [-0.25, -0.2) is 0 Å². The third-order valence-corrected chi connectivity index (χ3v) is 2.32. The Morgan fingerprint density at radius 1 is 1.43 bits per heavy atom. The van der Waals surface area contributed by atoms with Gasteiger partial charge in [0.05, 0.1) is 13.2 Å². The number of ether oxygens (including phenoxy) is 1. The molecule has 0 aromatic heterocycles. The molecule has 0 fully saturated rings. The molecule has 1 N–H and O–H groups in total. The van der Waals surface area contributed by atoms with Crippen molar-refractivity contribution in [2.24, 2.45) is 0 Å². The van der Waals surface area contributed by atoms with E-state index in [1.54, 1.807) is 0 Å². The summed E-state index contributed by atoms with van der Waals surface area (Å²) in [6.45, 7) is 8.21. The molecular weight excluding hydrogens is 174 g/mol. The molecule has 0 aliphatic carbocycles. The molecule has 14 heavy (non-hydrogen) atoms. The molecule has 1 aliphatic heterocycles. The number of anilines is 1. The average molecular weight is 189 g/mol. The number of fused-ring (bicyclic) bond motifs is 1. The fourth-order valence-electron chi connectivity index (χ4n) is 1.53. The Balaban J connectivity index is 2.09. The van der Waals surface area contributed by atoms with E-state index >= 15 is 0 Å². The van der Waals surface area contributed by atoms with E-state index < -0.39 is 0 Å². The minimum atomic E-state index is 0.748. The summed E-state index contributed by atoms with van der Waals surface area (Å²) in [5.74, 6) is 0. The van der Waals surface area contributed by atoms with Gasteiger partial charge in [0.15, 0.2) is 0 Å². The average Bonchev–Trinajstić information content (AvgIpc) is 2.61. The highest BCUT2D eigenvalue weighted by atomic mass is 16.5. The Labute approximate surface area is 84.6 Å². The molecule has 74 valence electrons. The monoisotopic (exact) mass is 189 g/mol. The van der Waals surface area contributed by atoms with Crippen LogP contribution in [-0.2, 0) is 18.0 Å². The summed E-state index contributed by atoms with van der Waals surface area (Å²) in [6, 6.07) is 6.38. The van der Waals surface area contributed by atoms with E-state index in [2.05, 4.69) is 30.1 Å². The zero-order valence-electron chi connectivity index (χ0n) is 8.47. The molecule has 0 radical (unpaired) electrons. The molecule has 1 aromatic rings. The van der Waals surface area contributed by atoms with Gasteiger partial charge < -0.3 is 10.1 Å². The lowest BCUT2D eigenvalue weighted by molar-refractivity contribution is 0.134. The molecule has 0 amide bonds. The predicted octanol–water partition coefficient (Wildman–Crippen LogP) is 2.70. The highest BCUT2D eigenvalue weighted by Gasteiger charge is 2.10. The third kappa shape index (κ3) is 1.96. The van der Waals surface area contributed by atoms with Crippen LogP contribution in [0.1, 0.15) is 18.1 Å². The van der Waals surface area contributed by atoms with Crippen LogP contribution >= 0.6 is 0 Å². The molecule has 0 bridgehead atoms. The van der Waals surface area contributed by atoms with E-state index in [0.717, 1.165) is 31.0 Å². The van der Waals surface area contributed by atoms with Crippen molar-refractivity contribution in [3.8, 4) is 0 Å². The minimum absolute atomic E-state index is 0.748. The second-order valence-electron chi connectivity index (χ2n) is 3.79. The van der Waals surface area contributed by atoms with Crippen LogP contribution in [0.3, 0.4) is 0 Å². The summed E-state index contributed by atoms with van der Waals surface area (Å²) in [6.07, 6.45) is 0. The van der Waals surface area contributed by atoms with Crippen molar-refractivity contribution in [2.75, 3.05) is 11.9 Å². The summed E-state index contributed by atoms with van der Waals surface area (Å²) in [5, 5.41) is 3.32. The van der Waals surface area contributed by atoms with Crippen molar-refractivity contribution in [2.45, 2.75) is 20.1 Å². The minimum Gasteiger partial charge on any atom is -0.381 e. The molecule has 1 heterocycles. The van der Waals surface area contributed by atoms with Gasteiger partial charge in [0.2, 0.25) is 0 Å². The topological polar surface area (TPSA) is 21.3 Å². The lowest BCUT2D eigenvalue weighted by Gasteiger charge is -2.07. The summed E-state index contributed by atoms with van der Waals surface area (Å²) in [7, 11) is 0. The van der Waals surface area contributed by atoms with Gasteiger partial charge in [0.25, 0.3) is 0 Å². The SMILES string of the molecule is C=C(C)CNc1ccc2c(c1)COC2. The molecule has 1 aromatic carbocycles. The third-order valence-electron chi connectivity index (χ3n) is 2.32. The van der Waals surface area contributed by atoms with Crippen molar-refractivity contribution in [1.29, 1.82) is 0 Å². The first kappa shape index (κ1) is 9.28. The maximum Gasteiger partial charge on any atom is 0.0725 e. The van der Waals surface area contributed by atoms with Gasteiger partial charge in [-0.15, -0.1) is 0 Å². The van der Waals surface area contributed by atoms with Crippen LogP contribution in [0.4, 0.5) is 5.69 Å². The van der Waals surface area contributed by atoms with Crippen LogP contribution in [0.5, 0.6) is 0 Å². The Morgan fingerprint density at radius 2 is 2.21 bits per heavy atom. The molecule has 0 unspecified atom stereocenters. The van der Waals surface area contributed by atoms with Gasteiger partial charge in [-0.1, -0.05) is 18.2 Å². The van der Waals surface area contributed by atoms with Gasteiger partial charge in [-0.3, -0.25) is 0 Å². The van der Waals surface area contributed by atoms with Crippen molar-refractivity contribution in [1.82, 2.24) is 0 Å². The van der Waals surface area contributed by atoms with Crippen LogP contribution in [0.25, 0.3) is 0 Å². The number of benzene rings is 1. The Morgan fingerprint density at radius 3 is 3.00 bits per heavy atom. The summed E-state index contributed by atoms with van der Waals surface area (Å²) < 4.78 is 5.35. The van der Waals surface area contributed by atoms with Crippen LogP contribution in [0.2, 0.25) is 0 Å². The van der Waals surface area contributed by atoms with Crippen molar-refractivity contribution < 1.29 is 4.74 Å². The number of hydrogen-bond donors (Lipinski definition) is 1.